The van der Waals surface area contributed by atoms with Crippen molar-refractivity contribution in [1.29, 1.82) is 0 Å². The highest BCUT2D eigenvalue weighted by Gasteiger charge is 2.33. The highest BCUT2D eigenvalue weighted by molar-refractivity contribution is 7.12. The van der Waals surface area contributed by atoms with Gasteiger partial charge in [-0.2, -0.15) is 18.3 Å². The molecule has 0 fully saturated rings. The number of pyridine rings is 1. The standard InChI is InChI=1S/C16H13F3N6S/c1-2-24-12-8-13(16(17,18)19)21-9-11(12)23-14(24)7-10-3-4-22-25(10)15-20-5-6-26-15/h3-6,8-9H,2,7H2,1H3. The van der Waals surface area contributed by atoms with Gasteiger partial charge in [0.1, 0.15) is 17.0 Å². The molecule has 0 saturated heterocycles. The zero-order valence-electron chi connectivity index (χ0n) is 13.6. The molecule has 0 radical (unpaired) electrons. The van der Waals surface area contributed by atoms with Crippen LogP contribution in [0.15, 0.2) is 36.1 Å². The van der Waals surface area contributed by atoms with E-state index in [0.717, 1.165) is 16.9 Å². The molecule has 0 N–H and O–H groups in total. The second-order valence-electron chi connectivity index (χ2n) is 5.55. The monoisotopic (exact) mass is 378 g/mol. The number of hydrogen-bond donors (Lipinski definition) is 0. The third-order valence-electron chi connectivity index (χ3n) is 3.98. The van der Waals surface area contributed by atoms with Crippen molar-refractivity contribution in [1.82, 2.24) is 29.3 Å². The van der Waals surface area contributed by atoms with Gasteiger partial charge in [0, 0.05) is 30.7 Å². The maximum Gasteiger partial charge on any atom is 0.433 e. The molecule has 0 aliphatic carbocycles. The van der Waals surface area contributed by atoms with Gasteiger partial charge in [-0.1, -0.05) is 0 Å². The van der Waals surface area contributed by atoms with Crippen molar-refractivity contribution in [2.45, 2.75) is 26.1 Å². The van der Waals surface area contributed by atoms with Gasteiger partial charge in [0.05, 0.1) is 17.4 Å². The largest absolute Gasteiger partial charge is 0.433 e. The van der Waals surface area contributed by atoms with Crippen molar-refractivity contribution in [3.05, 3.63) is 53.3 Å². The van der Waals surface area contributed by atoms with Crippen molar-refractivity contribution in [2.75, 3.05) is 0 Å². The molecule has 4 heterocycles. The minimum absolute atomic E-state index is 0.420. The predicted molar refractivity (Wildman–Crippen MR) is 90.2 cm³/mol. The summed E-state index contributed by atoms with van der Waals surface area (Å²) in [5, 5.41) is 6.86. The molecule has 26 heavy (non-hydrogen) atoms. The average molecular weight is 378 g/mol. The number of fused-ring (bicyclic) bond motifs is 1. The summed E-state index contributed by atoms with van der Waals surface area (Å²) >= 11 is 1.45. The molecule has 0 aromatic carbocycles. The van der Waals surface area contributed by atoms with Crippen LogP contribution in [-0.4, -0.2) is 29.3 Å². The topological polar surface area (TPSA) is 61.4 Å². The molecule has 0 aliphatic heterocycles. The second kappa shape index (κ2) is 6.20. The summed E-state index contributed by atoms with van der Waals surface area (Å²) in [7, 11) is 0. The normalized spacial score (nSPS) is 12.2. The van der Waals surface area contributed by atoms with E-state index in [4.69, 9.17) is 0 Å². The molecule has 6 nitrogen and oxygen atoms in total. The fourth-order valence-corrected chi connectivity index (χ4v) is 3.47. The Balaban J connectivity index is 1.77. The highest BCUT2D eigenvalue weighted by atomic mass is 32.1. The summed E-state index contributed by atoms with van der Waals surface area (Å²) in [4.78, 5) is 12.2. The first-order chi connectivity index (χ1) is 12.5. The van der Waals surface area contributed by atoms with Crippen LogP contribution < -0.4 is 0 Å². The van der Waals surface area contributed by atoms with E-state index in [1.165, 1.54) is 17.5 Å². The number of thiazole rings is 1. The first-order valence-corrected chi connectivity index (χ1v) is 8.70. The number of halogens is 3. The number of hydrogen-bond acceptors (Lipinski definition) is 5. The first-order valence-electron chi connectivity index (χ1n) is 7.82. The second-order valence-corrected chi connectivity index (χ2v) is 6.43. The van der Waals surface area contributed by atoms with Crippen molar-refractivity contribution >= 4 is 22.4 Å². The molecule has 0 amide bonds. The lowest BCUT2D eigenvalue weighted by atomic mass is 10.3. The number of aryl methyl sites for hydroxylation is 1. The van der Waals surface area contributed by atoms with Crippen molar-refractivity contribution in [3.8, 4) is 5.13 Å². The third-order valence-corrected chi connectivity index (χ3v) is 4.73. The lowest BCUT2D eigenvalue weighted by Crippen LogP contribution is -2.09. The van der Waals surface area contributed by atoms with Gasteiger partial charge in [-0.15, -0.1) is 11.3 Å². The van der Waals surface area contributed by atoms with Gasteiger partial charge in [0.25, 0.3) is 0 Å². The molecular weight excluding hydrogens is 365 g/mol. The van der Waals surface area contributed by atoms with E-state index in [-0.39, 0.29) is 0 Å². The molecule has 10 heteroatoms. The molecule has 0 atom stereocenters. The summed E-state index contributed by atoms with van der Waals surface area (Å²) in [5.41, 5.74) is 0.799. The minimum Gasteiger partial charge on any atom is -0.328 e. The van der Waals surface area contributed by atoms with Gasteiger partial charge in [-0.05, 0) is 19.1 Å². The predicted octanol–water partition coefficient (Wildman–Crippen LogP) is 3.70. The van der Waals surface area contributed by atoms with E-state index in [1.807, 2.05) is 18.4 Å². The Morgan fingerprint density at radius 1 is 1.19 bits per heavy atom. The van der Waals surface area contributed by atoms with Crippen LogP contribution in [0.25, 0.3) is 16.2 Å². The fraction of sp³-hybridized carbons (Fsp3) is 0.250. The Labute approximate surface area is 150 Å². The molecule has 4 aromatic rings. The Morgan fingerprint density at radius 3 is 2.73 bits per heavy atom. The van der Waals surface area contributed by atoms with Crippen molar-refractivity contribution in [3.63, 3.8) is 0 Å². The van der Waals surface area contributed by atoms with Gasteiger partial charge >= 0.3 is 6.18 Å². The van der Waals surface area contributed by atoms with E-state index < -0.39 is 11.9 Å². The summed E-state index contributed by atoms with van der Waals surface area (Å²) in [6.07, 6.45) is 0.464. The number of nitrogens with zero attached hydrogens (tertiary/aromatic N) is 6. The number of aromatic nitrogens is 6. The van der Waals surface area contributed by atoms with Crippen LogP contribution in [0.5, 0.6) is 0 Å². The Hall–Kier alpha value is -2.75. The molecular formula is C16H13F3N6S. The van der Waals surface area contributed by atoms with E-state index in [9.17, 15) is 13.2 Å². The minimum atomic E-state index is -4.49. The quantitative estimate of drug-likeness (QED) is 0.543. The third kappa shape index (κ3) is 2.85. The van der Waals surface area contributed by atoms with Gasteiger partial charge in [-0.3, -0.25) is 0 Å². The molecule has 0 unspecified atom stereocenters. The van der Waals surface area contributed by atoms with Crippen LogP contribution in [0.1, 0.15) is 24.1 Å². The molecule has 0 bridgehead atoms. The lowest BCUT2D eigenvalue weighted by molar-refractivity contribution is -0.141. The molecule has 0 spiro atoms. The number of imidazole rings is 1. The summed E-state index contributed by atoms with van der Waals surface area (Å²) in [6.45, 7) is 2.37. The summed E-state index contributed by atoms with van der Waals surface area (Å²) < 4.78 is 42.4. The van der Waals surface area contributed by atoms with Gasteiger partial charge in [0.2, 0.25) is 5.13 Å². The maximum atomic E-state index is 13.0. The van der Waals surface area contributed by atoms with E-state index in [0.29, 0.717) is 29.8 Å². The summed E-state index contributed by atoms with van der Waals surface area (Å²) in [5.74, 6) is 0.655. The van der Waals surface area contributed by atoms with Crippen molar-refractivity contribution < 1.29 is 13.2 Å². The Morgan fingerprint density at radius 2 is 2.04 bits per heavy atom. The fourth-order valence-electron chi connectivity index (χ4n) is 2.84. The SMILES string of the molecule is CCn1c(Cc2ccnn2-c2nccs2)nc2cnc(C(F)(F)F)cc21. The molecule has 4 aromatic heterocycles. The van der Waals surface area contributed by atoms with Crippen LogP contribution in [0.4, 0.5) is 13.2 Å². The number of alkyl halides is 3. The molecule has 0 aliphatic rings. The van der Waals surface area contributed by atoms with E-state index in [2.05, 4.69) is 20.1 Å². The van der Waals surface area contributed by atoms with Crippen LogP contribution in [-0.2, 0) is 19.1 Å². The van der Waals surface area contributed by atoms with Gasteiger partial charge < -0.3 is 4.57 Å². The van der Waals surface area contributed by atoms with Crippen LogP contribution in [0.2, 0.25) is 0 Å². The van der Waals surface area contributed by atoms with Gasteiger partial charge in [0.15, 0.2) is 0 Å². The number of rotatable bonds is 4. The molecule has 0 saturated carbocycles. The van der Waals surface area contributed by atoms with Crippen LogP contribution in [0.3, 0.4) is 0 Å². The average Bonchev–Trinajstić information content (AvgIpc) is 3.32. The van der Waals surface area contributed by atoms with Crippen LogP contribution in [0, 0.1) is 0 Å². The Kier molecular flexibility index (Phi) is 3.98. The lowest BCUT2D eigenvalue weighted by Gasteiger charge is -2.08. The molecule has 4 rings (SSSR count). The first kappa shape index (κ1) is 16.7. The van der Waals surface area contributed by atoms with Crippen LogP contribution >= 0.6 is 11.3 Å². The van der Waals surface area contributed by atoms with E-state index >= 15 is 0 Å². The summed E-state index contributed by atoms with van der Waals surface area (Å²) in [6, 6.07) is 2.90. The highest BCUT2D eigenvalue weighted by Crippen LogP contribution is 2.30. The maximum absolute atomic E-state index is 13.0. The smallest absolute Gasteiger partial charge is 0.328 e. The molecule has 134 valence electrons. The zero-order valence-corrected chi connectivity index (χ0v) is 14.4. The van der Waals surface area contributed by atoms with Crippen molar-refractivity contribution in [2.24, 2.45) is 0 Å². The van der Waals surface area contributed by atoms with Gasteiger partial charge in [-0.25, -0.2) is 19.6 Å². The zero-order chi connectivity index (χ0) is 18.3. The van der Waals surface area contributed by atoms with E-state index in [1.54, 1.807) is 21.6 Å². The Bertz CT molecular complexity index is 1050.